The van der Waals surface area contributed by atoms with Crippen LogP contribution in [-0.4, -0.2) is 22.4 Å². The van der Waals surface area contributed by atoms with Crippen LogP contribution in [-0.2, 0) is 0 Å². The molecule has 2 rings (SSSR count). The molecule has 2 N–H and O–H groups in total. The second-order valence-electron chi connectivity index (χ2n) is 3.32. The predicted octanol–water partition coefficient (Wildman–Crippen LogP) is 0.471. The molecule has 0 unspecified atom stereocenters. The smallest absolute Gasteiger partial charge is 0.315 e. The molecule has 0 spiro atoms. The van der Waals surface area contributed by atoms with Gasteiger partial charge in [-0.15, -0.1) is 0 Å². The van der Waals surface area contributed by atoms with Crippen molar-refractivity contribution in [2.24, 2.45) is 0 Å². The summed E-state index contributed by atoms with van der Waals surface area (Å²) in [6, 6.07) is 0. The Kier molecular flexibility index (Phi) is 2.62. The van der Waals surface area contributed by atoms with Gasteiger partial charge in [-0.25, -0.2) is 0 Å². The van der Waals surface area contributed by atoms with Crippen molar-refractivity contribution in [3.63, 3.8) is 0 Å². The van der Waals surface area contributed by atoms with Crippen LogP contribution in [0, 0.1) is 0 Å². The third-order valence-corrected chi connectivity index (χ3v) is 3.07. The standard InChI is InChI=1S/C8H12N4OS/c9-6-7(13)10-8(14-11-6)12-4-2-1-3-5-12/h1-5H2,(H2,9,11). The highest BCUT2D eigenvalue weighted by Crippen LogP contribution is 2.18. The van der Waals surface area contributed by atoms with Crippen molar-refractivity contribution < 1.29 is 0 Å². The van der Waals surface area contributed by atoms with Gasteiger partial charge in [-0.05, 0) is 19.3 Å². The topological polar surface area (TPSA) is 72.1 Å². The van der Waals surface area contributed by atoms with Gasteiger partial charge in [0.1, 0.15) is 0 Å². The minimum atomic E-state index is -0.413. The first-order valence-electron chi connectivity index (χ1n) is 4.66. The second-order valence-corrected chi connectivity index (χ2v) is 4.05. The Labute approximate surface area is 85.7 Å². The number of nitrogen functional groups attached to an aromatic ring is 1. The SMILES string of the molecule is Nc1nsc(N2CCCCC2)nc1=O. The normalized spacial score (nSPS) is 17.0. The van der Waals surface area contributed by atoms with Gasteiger partial charge in [0.25, 0.3) is 0 Å². The maximum atomic E-state index is 11.2. The summed E-state index contributed by atoms with van der Waals surface area (Å²) >= 11 is 1.20. The Morgan fingerprint density at radius 3 is 2.64 bits per heavy atom. The molecule has 0 radical (unpaired) electrons. The van der Waals surface area contributed by atoms with Crippen molar-refractivity contribution >= 4 is 22.5 Å². The third kappa shape index (κ3) is 1.84. The zero-order chi connectivity index (χ0) is 9.97. The van der Waals surface area contributed by atoms with E-state index in [4.69, 9.17) is 5.73 Å². The van der Waals surface area contributed by atoms with Gasteiger partial charge < -0.3 is 10.6 Å². The van der Waals surface area contributed by atoms with Crippen LogP contribution in [0.5, 0.6) is 0 Å². The summed E-state index contributed by atoms with van der Waals surface area (Å²) in [7, 11) is 0. The molecule has 6 heteroatoms. The summed E-state index contributed by atoms with van der Waals surface area (Å²) in [5.74, 6) is -0.00393. The van der Waals surface area contributed by atoms with Crippen LogP contribution in [0.25, 0.3) is 0 Å². The molecule has 1 saturated heterocycles. The van der Waals surface area contributed by atoms with Crippen LogP contribution in [0.4, 0.5) is 10.9 Å². The van der Waals surface area contributed by atoms with Crippen molar-refractivity contribution in [2.45, 2.75) is 19.3 Å². The lowest BCUT2D eigenvalue weighted by Gasteiger charge is -2.26. The molecule has 5 nitrogen and oxygen atoms in total. The molecule has 14 heavy (non-hydrogen) atoms. The van der Waals surface area contributed by atoms with Crippen LogP contribution < -0.4 is 16.2 Å². The Bertz CT molecular complexity index is 372. The quantitative estimate of drug-likeness (QED) is 0.732. The van der Waals surface area contributed by atoms with Gasteiger partial charge in [0.05, 0.1) is 0 Å². The van der Waals surface area contributed by atoms with Gasteiger partial charge in [0.2, 0.25) is 10.9 Å². The fourth-order valence-electron chi connectivity index (χ4n) is 1.51. The summed E-state index contributed by atoms with van der Waals surface area (Å²) in [6.07, 6.45) is 3.58. The Morgan fingerprint density at radius 2 is 2.00 bits per heavy atom. The van der Waals surface area contributed by atoms with E-state index in [0.717, 1.165) is 25.9 Å². The zero-order valence-corrected chi connectivity index (χ0v) is 8.59. The maximum absolute atomic E-state index is 11.2. The number of anilines is 2. The number of piperidine rings is 1. The van der Waals surface area contributed by atoms with E-state index in [0.29, 0.717) is 5.13 Å². The number of rotatable bonds is 1. The van der Waals surface area contributed by atoms with Gasteiger partial charge in [-0.2, -0.15) is 9.36 Å². The first kappa shape index (κ1) is 9.39. The molecule has 0 aromatic carbocycles. The van der Waals surface area contributed by atoms with Crippen molar-refractivity contribution in [3.8, 4) is 0 Å². The van der Waals surface area contributed by atoms with Gasteiger partial charge in [-0.1, -0.05) is 0 Å². The molecule has 0 amide bonds. The van der Waals surface area contributed by atoms with Gasteiger partial charge in [-0.3, -0.25) is 4.79 Å². The Hall–Kier alpha value is -1.17. The first-order valence-corrected chi connectivity index (χ1v) is 5.43. The van der Waals surface area contributed by atoms with Crippen molar-refractivity contribution in [2.75, 3.05) is 23.7 Å². The van der Waals surface area contributed by atoms with E-state index in [1.54, 1.807) is 0 Å². The average molecular weight is 212 g/mol. The molecule has 76 valence electrons. The van der Waals surface area contributed by atoms with Crippen molar-refractivity contribution in [1.82, 2.24) is 9.36 Å². The van der Waals surface area contributed by atoms with E-state index in [-0.39, 0.29) is 5.82 Å². The molecule has 0 atom stereocenters. The molecular weight excluding hydrogens is 200 g/mol. The van der Waals surface area contributed by atoms with E-state index in [2.05, 4.69) is 14.3 Å². The fraction of sp³-hybridized carbons (Fsp3) is 0.625. The maximum Gasteiger partial charge on any atom is 0.315 e. The molecule has 1 aliphatic heterocycles. The Morgan fingerprint density at radius 1 is 1.29 bits per heavy atom. The summed E-state index contributed by atoms with van der Waals surface area (Å²) in [5.41, 5.74) is 4.91. The van der Waals surface area contributed by atoms with E-state index in [9.17, 15) is 4.79 Å². The van der Waals surface area contributed by atoms with E-state index < -0.39 is 5.56 Å². The lowest BCUT2D eigenvalue weighted by atomic mass is 10.1. The van der Waals surface area contributed by atoms with E-state index >= 15 is 0 Å². The number of aromatic nitrogens is 2. The van der Waals surface area contributed by atoms with Gasteiger partial charge in [0, 0.05) is 24.6 Å². The monoisotopic (exact) mass is 212 g/mol. The van der Waals surface area contributed by atoms with Crippen molar-refractivity contribution in [3.05, 3.63) is 10.4 Å². The first-order chi connectivity index (χ1) is 6.77. The Balaban J connectivity index is 2.23. The lowest BCUT2D eigenvalue weighted by Crippen LogP contribution is -2.31. The summed E-state index contributed by atoms with van der Waals surface area (Å²) in [5, 5.41) is 0.698. The van der Waals surface area contributed by atoms with Gasteiger partial charge >= 0.3 is 5.56 Å². The lowest BCUT2D eigenvalue weighted by molar-refractivity contribution is 0.576. The van der Waals surface area contributed by atoms with Gasteiger partial charge in [0.15, 0.2) is 0 Å². The number of hydrogen-bond acceptors (Lipinski definition) is 6. The minimum Gasteiger partial charge on any atom is -0.378 e. The molecule has 0 saturated carbocycles. The summed E-state index contributed by atoms with van der Waals surface area (Å²) in [4.78, 5) is 17.2. The van der Waals surface area contributed by atoms with Crippen LogP contribution in [0.3, 0.4) is 0 Å². The van der Waals surface area contributed by atoms with Crippen molar-refractivity contribution in [1.29, 1.82) is 0 Å². The predicted molar refractivity (Wildman–Crippen MR) is 56.7 cm³/mol. The third-order valence-electron chi connectivity index (χ3n) is 2.27. The average Bonchev–Trinajstić information content (AvgIpc) is 2.23. The molecule has 1 aromatic rings. The summed E-state index contributed by atoms with van der Waals surface area (Å²) in [6.45, 7) is 1.93. The number of nitrogens with zero attached hydrogens (tertiary/aromatic N) is 3. The molecule has 0 aliphatic carbocycles. The highest BCUT2D eigenvalue weighted by atomic mass is 32.1. The van der Waals surface area contributed by atoms with E-state index in [1.165, 1.54) is 18.0 Å². The summed E-state index contributed by atoms with van der Waals surface area (Å²) < 4.78 is 3.86. The number of hydrogen-bond donors (Lipinski definition) is 1. The molecular formula is C8H12N4OS. The highest BCUT2D eigenvalue weighted by molar-refractivity contribution is 7.09. The molecule has 1 fully saturated rings. The highest BCUT2D eigenvalue weighted by Gasteiger charge is 2.14. The van der Waals surface area contributed by atoms with Crippen LogP contribution in [0.2, 0.25) is 0 Å². The van der Waals surface area contributed by atoms with Crippen LogP contribution >= 0.6 is 11.5 Å². The molecule has 1 aromatic heterocycles. The van der Waals surface area contributed by atoms with E-state index in [1.807, 2.05) is 0 Å². The minimum absolute atomic E-state index is 0.00393. The molecule has 0 bridgehead atoms. The van der Waals surface area contributed by atoms with Crippen LogP contribution in [0.15, 0.2) is 4.79 Å². The van der Waals surface area contributed by atoms with Crippen LogP contribution in [0.1, 0.15) is 19.3 Å². The number of nitrogens with two attached hydrogens (primary N) is 1. The fourth-order valence-corrected chi connectivity index (χ4v) is 2.19. The largest absolute Gasteiger partial charge is 0.378 e. The molecule has 2 heterocycles. The molecule has 1 aliphatic rings. The second kappa shape index (κ2) is 3.91. The zero-order valence-electron chi connectivity index (χ0n) is 7.77.